The van der Waals surface area contributed by atoms with Crippen LogP contribution in [-0.2, 0) is 11.3 Å². The first-order valence-electron chi connectivity index (χ1n) is 8.73. The van der Waals surface area contributed by atoms with Gasteiger partial charge in [-0.3, -0.25) is 14.2 Å². The molecule has 1 aromatic carbocycles. The van der Waals surface area contributed by atoms with Gasteiger partial charge in [-0.25, -0.2) is 9.67 Å². The molecule has 27 heavy (non-hydrogen) atoms. The van der Waals surface area contributed by atoms with E-state index in [0.717, 1.165) is 18.5 Å². The number of nitriles is 1. The van der Waals surface area contributed by atoms with E-state index in [4.69, 9.17) is 0 Å². The predicted molar refractivity (Wildman–Crippen MR) is 98.0 cm³/mol. The Labute approximate surface area is 155 Å². The van der Waals surface area contributed by atoms with E-state index in [1.54, 1.807) is 11.6 Å². The molecule has 8 heteroatoms. The molecule has 1 N–H and O–H groups in total. The van der Waals surface area contributed by atoms with Crippen molar-refractivity contribution in [1.82, 2.24) is 24.6 Å². The summed E-state index contributed by atoms with van der Waals surface area (Å²) in [4.78, 5) is 29.4. The van der Waals surface area contributed by atoms with E-state index in [2.05, 4.69) is 21.5 Å². The molecule has 1 amide bonds. The number of carbonyl (C=O) groups is 1. The van der Waals surface area contributed by atoms with Crippen LogP contribution in [0.2, 0.25) is 0 Å². The molecule has 0 aliphatic heterocycles. The molecular formula is C19H18N6O2. The van der Waals surface area contributed by atoms with Crippen LogP contribution in [0.5, 0.6) is 0 Å². The minimum atomic E-state index is -0.892. The molecule has 4 rings (SSSR count). The van der Waals surface area contributed by atoms with Crippen molar-refractivity contribution < 1.29 is 4.79 Å². The van der Waals surface area contributed by atoms with Gasteiger partial charge >= 0.3 is 0 Å². The van der Waals surface area contributed by atoms with Crippen LogP contribution in [0.1, 0.15) is 19.8 Å². The molecule has 2 aromatic heterocycles. The van der Waals surface area contributed by atoms with Crippen molar-refractivity contribution in [3.05, 3.63) is 53.2 Å². The SMILES string of the molecule is C[C@@](C#N)(NC(=O)Cn1cnc2c(cnn2-c2ccccc2)c1=O)C1CC1. The van der Waals surface area contributed by atoms with Gasteiger partial charge in [-0.15, -0.1) is 0 Å². The van der Waals surface area contributed by atoms with Crippen LogP contribution in [-0.4, -0.2) is 30.8 Å². The van der Waals surface area contributed by atoms with Crippen LogP contribution in [0.15, 0.2) is 47.7 Å². The summed E-state index contributed by atoms with van der Waals surface area (Å²) in [6.07, 6.45) is 4.65. The standard InChI is InChI=1S/C19H18N6O2/c1-19(11-20,13-7-8-13)23-16(26)10-24-12-21-17-15(18(24)27)9-22-25(17)14-5-3-2-4-6-14/h2-6,9,12-13H,7-8,10H2,1H3,(H,23,26)/t19-/m0/s1. The Morgan fingerprint density at radius 2 is 2.11 bits per heavy atom. The van der Waals surface area contributed by atoms with Crippen molar-refractivity contribution in [1.29, 1.82) is 5.26 Å². The average Bonchev–Trinajstić information content (AvgIpc) is 3.45. The fourth-order valence-corrected chi connectivity index (χ4v) is 3.19. The zero-order valence-electron chi connectivity index (χ0n) is 14.8. The van der Waals surface area contributed by atoms with Gasteiger partial charge in [0.15, 0.2) is 5.65 Å². The minimum Gasteiger partial charge on any atom is -0.336 e. The monoisotopic (exact) mass is 362 g/mol. The van der Waals surface area contributed by atoms with Crippen molar-refractivity contribution in [3.63, 3.8) is 0 Å². The fraction of sp³-hybridized carbons (Fsp3) is 0.316. The van der Waals surface area contributed by atoms with Crippen LogP contribution in [0.3, 0.4) is 0 Å². The Morgan fingerprint density at radius 1 is 1.37 bits per heavy atom. The molecule has 8 nitrogen and oxygen atoms in total. The lowest BCUT2D eigenvalue weighted by molar-refractivity contribution is -0.123. The Hall–Kier alpha value is -3.47. The summed E-state index contributed by atoms with van der Waals surface area (Å²) in [6, 6.07) is 11.6. The third-order valence-electron chi connectivity index (χ3n) is 4.89. The number of amides is 1. The first kappa shape index (κ1) is 17.0. The quantitative estimate of drug-likeness (QED) is 0.738. The highest BCUT2D eigenvalue weighted by Crippen LogP contribution is 2.39. The number of hydrogen-bond donors (Lipinski definition) is 1. The highest BCUT2D eigenvalue weighted by Gasteiger charge is 2.43. The van der Waals surface area contributed by atoms with Crippen molar-refractivity contribution in [2.45, 2.75) is 31.8 Å². The highest BCUT2D eigenvalue weighted by atomic mass is 16.2. The maximum atomic E-state index is 12.7. The van der Waals surface area contributed by atoms with Crippen LogP contribution >= 0.6 is 0 Å². The molecule has 1 aliphatic carbocycles. The molecule has 0 saturated heterocycles. The summed E-state index contributed by atoms with van der Waals surface area (Å²) in [5.41, 5.74) is -0.00890. The van der Waals surface area contributed by atoms with Gasteiger partial charge in [-0.1, -0.05) is 18.2 Å². The molecule has 1 aliphatic rings. The number of carbonyl (C=O) groups excluding carboxylic acids is 1. The molecule has 1 saturated carbocycles. The van der Waals surface area contributed by atoms with Gasteiger partial charge in [0.2, 0.25) is 5.91 Å². The Morgan fingerprint density at radius 3 is 2.78 bits per heavy atom. The summed E-state index contributed by atoms with van der Waals surface area (Å²) < 4.78 is 2.82. The molecule has 1 fully saturated rings. The second-order valence-electron chi connectivity index (χ2n) is 6.94. The molecule has 0 radical (unpaired) electrons. The van der Waals surface area contributed by atoms with E-state index in [0.29, 0.717) is 11.0 Å². The van der Waals surface area contributed by atoms with Crippen LogP contribution in [0, 0.1) is 17.2 Å². The first-order valence-corrected chi connectivity index (χ1v) is 8.73. The number of rotatable bonds is 5. The predicted octanol–water partition coefficient (Wildman–Crippen LogP) is 1.39. The van der Waals surface area contributed by atoms with E-state index in [9.17, 15) is 14.9 Å². The second-order valence-corrected chi connectivity index (χ2v) is 6.94. The number of benzene rings is 1. The van der Waals surface area contributed by atoms with Crippen LogP contribution < -0.4 is 10.9 Å². The van der Waals surface area contributed by atoms with E-state index >= 15 is 0 Å². The molecule has 136 valence electrons. The van der Waals surface area contributed by atoms with Crippen molar-refractivity contribution in [3.8, 4) is 11.8 Å². The lowest BCUT2D eigenvalue weighted by Gasteiger charge is -2.22. The number of fused-ring (bicyclic) bond motifs is 1. The zero-order valence-corrected chi connectivity index (χ0v) is 14.8. The van der Waals surface area contributed by atoms with Gasteiger partial charge in [0.1, 0.15) is 23.8 Å². The number of nitrogens with one attached hydrogen (secondary N) is 1. The minimum absolute atomic E-state index is 0.174. The smallest absolute Gasteiger partial charge is 0.264 e. The maximum Gasteiger partial charge on any atom is 0.264 e. The van der Waals surface area contributed by atoms with Crippen LogP contribution in [0.4, 0.5) is 0 Å². The molecule has 0 bridgehead atoms. The lowest BCUT2D eigenvalue weighted by atomic mass is 9.98. The highest BCUT2D eigenvalue weighted by molar-refractivity contribution is 5.78. The summed E-state index contributed by atoms with van der Waals surface area (Å²) in [5.74, 6) is -0.211. The number of aromatic nitrogens is 4. The Bertz CT molecular complexity index is 1110. The van der Waals surface area contributed by atoms with Crippen molar-refractivity contribution >= 4 is 16.9 Å². The number of nitrogens with zero attached hydrogens (tertiary/aromatic N) is 5. The van der Waals surface area contributed by atoms with Crippen molar-refractivity contribution in [2.24, 2.45) is 5.92 Å². The van der Waals surface area contributed by atoms with E-state index in [-0.39, 0.29) is 23.9 Å². The topological polar surface area (TPSA) is 106 Å². The maximum absolute atomic E-state index is 12.7. The van der Waals surface area contributed by atoms with E-state index in [1.165, 1.54) is 17.1 Å². The summed E-state index contributed by atoms with van der Waals surface area (Å²) in [6.45, 7) is 1.53. The first-order chi connectivity index (χ1) is 13.0. The number of hydrogen-bond acceptors (Lipinski definition) is 5. The summed E-state index contributed by atoms with van der Waals surface area (Å²) in [5, 5.41) is 16.7. The third kappa shape index (κ3) is 3.08. The van der Waals surface area contributed by atoms with E-state index < -0.39 is 5.54 Å². The molecule has 1 atom stereocenters. The Balaban J connectivity index is 1.60. The van der Waals surface area contributed by atoms with E-state index in [1.807, 2.05) is 30.3 Å². The van der Waals surface area contributed by atoms with Gasteiger partial charge < -0.3 is 5.32 Å². The molecular weight excluding hydrogens is 344 g/mol. The molecule has 2 heterocycles. The summed E-state index contributed by atoms with van der Waals surface area (Å²) >= 11 is 0. The molecule has 3 aromatic rings. The summed E-state index contributed by atoms with van der Waals surface area (Å²) in [7, 11) is 0. The van der Waals surface area contributed by atoms with Crippen LogP contribution in [0.25, 0.3) is 16.7 Å². The zero-order chi connectivity index (χ0) is 19.0. The van der Waals surface area contributed by atoms with Gasteiger partial charge in [0, 0.05) is 0 Å². The fourth-order valence-electron chi connectivity index (χ4n) is 3.19. The van der Waals surface area contributed by atoms with Gasteiger partial charge in [0.05, 0.1) is 18.0 Å². The normalized spacial score (nSPS) is 15.9. The number of para-hydroxylation sites is 1. The lowest BCUT2D eigenvalue weighted by Crippen LogP contribution is -2.48. The molecule has 0 unspecified atom stereocenters. The van der Waals surface area contributed by atoms with Crippen molar-refractivity contribution in [2.75, 3.05) is 0 Å². The van der Waals surface area contributed by atoms with Gasteiger partial charge in [0.25, 0.3) is 5.56 Å². The largest absolute Gasteiger partial charge is 0.336 e. The van der Waals surface area contributed by atoms with Gasteiger partial charge in [-0.05, 0) is 37.8 Å². The second kappa shape index (κ2) is 6.36. The average molecular weight is 362 g/mol. The van der Waals surface area contributed by atoms with Gasteiger partial charge in [-0.2, -0.15) is 10.4 Å². The molecule has 0 spiro atoms. The Kier molecular flexibility index (Phi) is 4.00. The third-order valence-corrected chi connectivity index (χ3v) is 4.89.